The summed E-state index contributed by atoms with van der Waals surface area (Å²) in [5.74, 6) is -1.05. The van der Waals surface area contributed by atoms with Crippen LogP contribution in [0.2, 0.25) is 0 Å². The average Bonchev–Trinajstić information content (AvgIpc) is 2.90. The molecule has 0 aliphatic heterocycles. The molecule has 2 aliphatic carbocycles. The quantitative estimate of drug-likeness (QED) is 0.162. The van der Waals surface area contributed by atoms with Gasteiger partial charge in [0.15, 0.2) is 0 Å². The minimum Gasteiger partial charge on any atom is -0.425 e. The minimum absolute atomic E-state index is 0.0651. The first-order chi connectivity index (χ1) is 18.3. The number of hydrogen-bond acceptors (Lipinski definition) is 9. The summed E-state index contributed by atoms with van der Waals surface area (Å²) in [4.78, 5) is 48.0. The topological polar surface area (TPSA) is 129 Å². The Balaban J connectivity index is 1.38. The number of rotatable bonds is 16. The van der Waals surface area contributed by atoms with Crippen molar-refractivity contribution in [2.24, 2.45) is 11.8 Å². The number of hydrogen-bond donors (Lipinski definition) is 2. The van der Waals surface area contributed by atoms with Crippen molar-refractivity contribution in [1.29, 1.82) is 0 Å². The standard InChI is InChI=1S/C28H48N2O8/c1-21(36-26(32)23-13-6-3-7-14-23)35-25(31)17-12-19-29-18-10-5-11-20-30-28(34)38-22(2)37-27(33)24-15-8-4-9-16-24/h21-24,29H,3-20H2,1-2H3,(H,30,34)/t21-,22+/m0/s1. The summed E-state index contributed by atoms with van der Waals surface area (Å²) in [6, 6.07) is 0. The first-order valence-electron chi connectivity index (χ1n) is 14.6. The second-order valence-electron chi connectivity index (χ2n) is 10.4. The highest BCUT2D eigenvalue weighted by Crippen LogP contribution is 2.26. The van der Waals surface area contributed by atoms with Crippen LogP contribution in [-0.2, 0) is 33.3 Å². The first-order valence-corrected chi connectivity index (χ1v) is 14.6. The lowest BCUT2D eigenvalue weighted by Crippen LogP contribution is -2.32. The van der Waals surface area contributed by atoms with Gasteiger partial charge in [-0.3, -0.25) is 14.4 Å². The summed E-state index contributed by atoms with van der Waals surface area (Å²) >= 11 is 0. The smallest absolute Gasteiger partial charge is 0.410 e. The van der Waals surface area contributed by atoms with E-state index in [-0.39, 0.29) is 36.2 Å². The van der Waals surface area contributed by atoms with Gasteiger partial charge in [0.25, 0.3) is 0 Å². The molecule has 2 fully saturated rings. The number of amides is 1. The van der Waals surface area contributed by atoms with Crippen LogP contribution in [-0.4, -0.2) is 56.2 Å². The Morgan fingerprint density at radius 1 is 0.632 bits per heavy atom. The van der Waals surface area contributed by atoms with E-state index in [2.05, 4.69) is 10.6 Å². The molecular formula is C28H48N2O8. The largest absolute Gasteiger partial charge is 0.425 e. The van der Waals surface area contributed by atoms with E-state index in [9.17, 15) is 19.2 Å². The zero-order valence-electron chi connectivity index (χ0n) is 23.3. The Labute approximate surface area is 227 Å². The summed E-state index contributed by atoms with van der Waals surface area (Å²) in [5, 5.41) is 5.97. The van der Waals surface area contributed by atoms with Crippen molar-refractivity contribution < 1.29 is 38.1 Å². The number of nitrogens with one attached hydrogen (secondary N) is 2. The van der Waals surface area contributed by atoms with E-state index in [1.54, 1.807) is 13.8 Å². The maximum Gasteiger partial charge on any atom is 0.410 e. The molecule has 0 bridgehead atoms. The molecule has 218 valence electrons. The van der Waals surface area contributed by atoms with Gasteiger partial charge < -0.3 is 29.6 Å². The predicted octanol–water partition coefficient (Wildman–Crippen LogP) is 4.73. The SMILES string of the molecule is C[C@@H](OC(=O)CCCNCCCCCNC(=O)O[C@H](C)OC(=O)C1CCCCC1)OC(=O)C1CCCCC1. The molecular weight excluding hydrogens is 492 g/mol. The van der Waals surface area contributed by atoms with Crippen molar-refractivity contribution in [3.63, 3.8) is 0 Å². The summed E-state index contributed by atoms with van der Waals surface area (Å²) in [5.41, 5.74) is 0. The Morgan fingerprint density at radius 2 is 1.13 bits per heavy atom. The Bertz CT molecular complexity index is 660. The fourth-order valence-electron chi connectivity index (χ4n) is 4.91. The van der Waals surface area contributed by atoms with Gasteiger partial charge in [-0.05, 0) is 58.0 Å². The average molecular weight is 541 g/mol. The van der Waals surface area contributed by atoms with Crippen LogP contribution in [0, 0.1) is 11.8 Å². The third-order valence-electron chi connectivity index (χ3n) is 7.05. The lowest BCUT2D eigenvalue weighted by atomic mass is 9.89. The zero-order valence-corrected chi connectivity index (χ0v) is 23.3. The van der Waals surface area contributed by atoms with Gasteiger partial charge in [0.05, 0.1) is 11.8 Å². The molecule has 2 rings (SSSR count). The van der Waals surface area contributed by atoms with Gasteiger partial charge in [-0.25, -0.2) is 4.79 Å². The van der Waals surface area contributed by atoms with Crippen LogP contribution < -0.4 is 10.6 Å². The number of carbonyl (C=O) groups is 4. The molecule has 0 spiro atoms. The molecule has 0 radical (unpaired) electrons. The highest BCUT2D eigenvalue weighted by molar-refractivity contribution is 5.74. The molecule has 1 amide bonds. The van der Waals surface area contributed by atoms with E-state index < -0.39 is 18.7 Å². The van der Waals surface area contributed by atoms with E-state index in [4.69, 9.17) is 18.9 Å². The van der Waals surface area contributed by atoms with Crippen molar-refractivity contribution in [3.8, 4) is 0 Å². The molecule has 2 saturated carbocycles. The van der Waals surface area contributed by atoms with Crippen molar-refractivity contribution in [3.05, 3.63) is 0 Å². The van der Waals surface area contributed by atoms with E-state index >= 15 is 0 Å². The van der Waals surface area contributed by atoms with Gasteiger partial charge in [-0.1, -0.05) is 44.9 Å². The molecule has 2 atom stereocenters. The van der Waals surface area contributed by atoms with Gasteiger partial charge >= 0.3 is 24.0 Å². The molecule has 0 aromatic rings. The molecule has 10 nitrogen and oxygen atoms in total. The fourth-order valence-corrected chi connectivity index (χ4v) is 4.91. The number of unbranched alkanes of at least 4 members (excludes halogenated alkanes) is 2. The Kier molecular flexibility index (Phi) is 15.8. The van der Waals surface area contributed by atoms with Crippen LogP contribution in [0.4, 0.5) is 4.79 Å². The van der Waals surface area contributed by atoms with Gasteiger partial charge in [0, 0.05) is 26.8 Å². The lowest BCUT2D eigenvalue weighted by Gasteiger charge is -2.22. The molecule has 38 heavy (non-hydrogen) atoms. The van der Waals surface area contributed by atoms with Crippen molar-refractivity contribution in [2.75, 3.05) is 19.6 Å². The molecule has 0 heterocycles. The van der Waals surface area contributed by atoms with Crippen LogP contribution in [0.3, 0.4) is 0 Å². The third-order valence-corrected chi connectivity index (χ3v) is 7.05. The van der Waals surface area contributed by atoms with Gasteiger partial charge in [-0.2, -0.15) is 0 Å². The zero-order chi connectivity index (χ0) is 27.6. The van der Waals surface area contributed by atoms with E-state index in [1.807, 2.05) is 0 Å². The summed E-state index contributed by atoms with van der Waals surface area (Å²) in [6.45, 7) is 5.12. The van der Waals surface area contributed by atoms with Crippen molar-refractivity contribution in [1.82, 2.24) is 10.6 Å². The number of esters is 3. The van der Waals surface area contributed by atoms with Gasteiger partial charge in [0.1, 0.15) is 0 Å². The summed E-state index contributed by atoms with van der Waals surface area (Å²) in [6.07, 6.45) is 11.1. The van der Waals surface area contributed by atoms with E-state index in [0.29, 0.717) is 19.5 Å². The molecule has 10 heteroatoms. The van der Waals surface area contributed by atoms with Gasteiger partial charge in [0.2, 0.25) is 12.6 Å². The van der Waals surface area contributed by atoms with Gasteiger partial charge in [-0.15, -0.1) is 0 Å². The fraction of sp³-hybridized carbons (Fsp3) is 0.857. The first kappa shape index (κ1) is 31.9. The second kappa shape index (κ2) is 18.8. The molecule has 0 aromatic heterocycles. The van der Waals surface area contributed by atoms with Crippen molar-refractivity contribution >= 4 is 24.0 Å². The third kappa shape index (κ3) is 14.0. The maximum atomic E-state index is 12.1. The van der Waals surface area contributed by atoms with Crippen LogP contribution in [0.5, 0.6) is 0 Å². The van der Waals surface area contributed by atoms with Crippen LogP contribution in [0.15, 0.2) is 0 Å². The Hall–Kier alpha value is -2.36. The molecule has 0 saturated heterocycles. The second-order valence-corrected chi connectivity index (χ2v) is 10.4. The Morgan fingerprint density at radius 3 is 1.71 bits per heavy atom. The van der Waals surface area contributed by atoms with Crippen LogP contribution in [0.1, 0.15) is 110 Å². The normalized spacial score (nSPS) is 18.2. The molecule has 0 aromatic carbocycles. The maximum absolute atomic E-state index is 12.1. The summed E-state index contributed by atoms with van der Waals surface area (Å²) in [7, 11) is 0. The molecule has 2 aliphatic rings. The van der Waals surface area contributed by atoms with Crippen molar-refractivity contribution in [2.45, 2.75) is 123 Å². The van der Waals surface area contributed by atoms with E-state index in [0.717, 1.165) is 90.0 Å². The number of carbonyl (C=O) groups excluding carboxylic acids is 4. The molecule has 2 N–H and O–H groups in total. The predicted molar refractivity (Wildman–Crippen MR) is 141 cm³/mol. The monoisotopic (exact) mass is 540 g/mol. The van der Waals surface area contributed by atoms with Crippen LogP contribution >= 0.6 is 0 Å². The summed E-state index contributed by atoms with van der Waals surface area (Å²) < 4.78 is 20.8. The molecule has 0 unspecified atom stereocenters. The van der Waals surface area contributed by atoms with Crippen LogP contribution in [0.25, 0.3) is 0 Å². The number of alkyl carbamates (subject to hydrolysis) is 1. The lowest BCUT2D eigenvalue weighted by molar-refractivity contribution is -0.188. The van der Waals surface area contributed by atoms with E-state index in [1.165, 1.54) is 0 Å². The highest BCUT2D eigenvalue weighted by atomic mass is 16.7. The number of ether oxygens (including phenoxy) is 4. The highest BCUT2D eigenvalue weighted by Gasteiger charge is 2.26. The minimum atomic E-state index is -0.898.